The smallest absolute Gasteiger partial charge is 0.284 e. The Kier molecular flexibility index (Phi) is 4.15. The van der Waals surface area contributed by atoms with Crippen LogP contribution in [-0.2, 0) is 0 Å². The van der Waals surface area contributed by atoms with Gasteiger partial charge in [0.2, 0.25) is 5.89 Å². The third-order valence-corrected chi connectivity index (χ3v) is 2.25. The molecule has 0 aromatic carbocycles. The van der Waals surface area contributed by atoms with Gasteiger partial charge in [0.1, 0.15) is 0 Å². The third kappa shape index (κ3) is 2.95. The molecule has 1 aromatic rings. The number of rotatable bonds is 5. The van der Waals surface area contributed by atoms with E-state index in [2.05, 4.69) is 24.0 Å². The molecule has 0 atom stereocenters. The van der Waals surface area contributed by atoms with Gasteiger partial charge in [0.25, 0.3) is 4.84 Å². The molecule has 0 bridgehead atoms. The monoisotopic (exact) mass is 200 g/mol. The van der Waals surface area contributed by atoms with Crippen LogP contribution in [0.25, 0.3) is 0 Å². The van der Waals surface area contributed by atoms with E-state index in [0.29, 0.717) is 10.8 Å². The maximum absolute atomic E-state index is 5.30. The number of hydrogen-bond donors (Lipinski definition) is 1. The first-order valence-corrected chi connectivity index (χ1v) is 5.24. The lowest BCUT2D eigenvalue weighted by Gasteiger charge is -2.09. The summed E-state index contributed by atoms with van der Waals surface area (Å²) in [6, 6.07) is 0. The van der Waals surface area contributed by atoms with Gasteiger partial charge in [-0.1, -0.05) is 26.7 Å². The second-order valence-electron chi connectivity index (χ2n) is 3.23. The van der Waals surface area contributed by atoms with Crippen LogP contribution in [0.4, 0.5) is 0 Å². The minimum atomic E-state index is 0.382. The van der Waals surface area contributed by atoms with E-state index in [1.165, 1.54) is 0 Å². The van der Waals surface area contributed by atoms with Crippen molar-refractivity contribution in [1.29, 1.82) is 0 Å². The molecule has 0 amide bonds. The molecule has 74 valence electrons. The maximum Gasteiger partial charge on any atom is 0.284 e. The van der Waals surface area contributed by atoms with Gasteiger partial charge in [0.15, 0.2) is 0 Å². The van der Waals surface area contributed by atoms with Crippen LogP contribution in [0.2, 0.25) is 0 Å². The average molecular weight is 200 g/mol. The summed E-state index contributed by atoms with van der Waals surface area (Å²) in [5, 5.41) is 6.72. The van der Waals surface area contributed by atoms with E-state index < -0.39 is 0 Å². The van der Waals surface area contributed by atoms with Crippen LogP contribution in [0, 0.1) is 4.84 Å². The van der Waals surface area contributed by atoms with Gasteiger partial charge in [-0.25, -0.2) is 5.10 Å². The molecule has 0 aliphatic rings. The summed E-state index contributed by atoms with van der Waals surface area (Å²) in [4.78, 5) is 0.382. The summed E-state index contributed by atoms with van der Waals surface area (Å²) in [5.41, 5.74) is 0. The van der Waals surface area contributed by atoms with E-state index in [1.54, 1.807) is 0 Å². The lowest BCUT2D eigenvalue weighted by atomic mass is 9.98. The zero-order valence-electron chi connectivity index (χ0n) is 8.17. The SMILES string of the molecule is CCCC(CCC)c1n[nH]c(=S)o1. The lowest BCUT2D eigenvalue weighted by Crippen LogP contribution is -1.98. The molecule has 1 rings (SSSR count). The first-order valence-electron chi connectivity index (χ1n) is 4.83. The normalized spacial score (nSPS) is 11.0. The van der Waals surface area contributed by atoms with Crippen molar-refractivity contribution in [2.24, 2.45) is 0 Å². The maximum atomic E-state index is 5.30. The molecule has 0 spiro atoms. The Morgan fingerprint density at radius 2 is 2.00 bits per heavy atom. The molecule has 0 aliphatic heterocycles. The molecular formula is C9H16N2OS. The Labute approximate surface area is 83.5 Å². The van der Waals surface area contributed by atoms with Gasteiger partial charge in [-0.2, -0.15) is 0 Å². The van der Waals surface area contributed by atoms with E-state index in [1.807, 2.05) is 0 Å². The summed E-state index contributed by atoms with van der Waals surface area (Å²) in [7, 11) is 0. The van der Waals surface area contributed by atoms with E-state index in [0.717, 1.165) is 31.6 Å². The topological polar surface area (TPSA) is 41.8 Å². The highest BCUT2D eigenvalue weighted by atomic mass is 32.1. The minimum Gasteiger partial charge on any atom is -0.414 e. The Morgan fingerprint density at radius 3 is 2.38 bits per heavy atom. The predicted octanol–water partition coefficient (Wildman–Crippen LogP) is 3.42. The van der Waals surface area contributed by atoms with Gasteiger partial charge >= 0.3 is 0 Å². The van der Waals surface area contributed by atoms with Crippen molar-refractivity contribution in [3.05, 3.63) is 10.7 Å². The number of nitrogens with one attached hydrogen (secondary N) is 1. The Morgan fingerprint density at radius 1 is 1.38 bits per heavy atom. The predicted molar refractivity (Wildman–Crippen MR) is 54.2 cm³/mol. The van der Waals surface area contributed by atoms with Gasteiger partial charge in [0, 0.05) is 5.92 Å². The second kappa shape index (κ2) is 5.17. The van der Waals surface area contributed by atoms with E-state index >= 15 is 0 Å². The molecule has 3 nitrogen and oxygen atoms in total. The van der Waals surface area contributed by atoms with Crippen LogP contribution >= 0.6 is 12.2 Å². The number of H-pyrrole nitrogens is 1. The Bertz CT molecular complexity index is 286. The molecule has 0 aliphatic carbocycles. The van der Waals surface area contributed by atoms with Gasteiger partial charge in [-0.15, -0.1) is 5.10 Å². The molecule has 1 heterocycles. The minimum absolute atomic E-state index is 0.382. The van der Waals surface area contributed by atoms with Gasteiger partial charge in [-0.3, -0.25) is 0 Å². The first-order chi connectivity index (χ1) is 6.27. The summed E-state index contributed by atoms with van der Waals surface area (Å²) in [5.74, 6) is 1.21. The fraction of sp³-hybridized carbons (Fsp3) is 0.778. The van der Waals surface area contributed by atoms with Gasteiger partial charge in [0.05, 0.1) is 0 Å². The largest absolute Gasteiger partial charge is 0.414 e. The molecule has 4 heteroatoms. The van der Waals surface area contributed by atoms with Crippen LogP contribution in [0.3, 0.4) is 0 Å². The molecule has 0 unspecified atom stereocenters. The van der Waals surface area contributed by atoms with Crippen molar-refractivity contribution < 1.29 is 4.42 Å². The van der Waals surface area contributed by atoms with Crippen LogP contribution in [-0.4, -0.2) is 10.2 Å². The lowest BCUT2D eigenvalue weighted by molar-refractivity contribution is 0.404. The van der Waals surface area contributed by atoms with Crippen molar-refractivity contribution in [1.82, 2.24) is 10.2 Å². The molecular weight excluding hydrogens is 184 g/mol. The third-order valence-electron chi connectivity index (χ3n) is 2.08. The Hall–Kier alpha value is -0.640. The summed E-state index contributed by atoms with van der Waals surface area (Å²) in [6.45, 7) is 4.34. The standard InChI is InChI=1S/C9H16N2OS/c1-3-5-7(6-4-2)8-10-11-9(13)12-8/h7H,3-6H2,1-2H3,(H,11,13). The van der Waals surface area contributed by atoms with Crippen molar-refractivity contribution in [2.45, 2.75) is 45.4 Å². The van der Waals surface area contributed by atoms with Crippen LogP contribution < -0.4 is 0 Å². The van der Waals surface area contributed by atoms with Gasteiger partial charge in [-0.05, 0) is 25.1 Å². The van der Waals surface area contributed by atoms with E-state index in [-0.39, 0.29) is 0 Å². The quantitative estimate of drug-likeness (QED) is 0.740. The molecule has 1 N–H and O–H groups in total. The molecule has 0 saturated carbocycles. The zero-order valence-corrected chi connectivity index (χ0v) is 8.99. The highest BCUT2D eigenvalue weighted by Crippen LogP contribution is 2.24. The fourth-order valence-corrected chi connectivity index (χ4v) is 1.64. The number of aromatic amines is 1. The second-order valence-corrected chi connectivity index (χ2v) is 3.60. The van der Waals surface area contributed by atoms with Crippen LogP contribution in [0.15, 0.2) is 4.42 Å². The first kappa shape index (κ1) is 10.4. The number of aromatic nitrogens is 2. The molecule has 13 heavy (non-hydrogen) atoms. The Balaban J connectivity index is 2.69. The van der Waals surface area contributed by atoms with Gasteiger partial charge < -0.3 is 4.42 Å². The van der Waals surface area contributed by atoms with Crippen molar-refractivity contribution in [2.75, 3.05) is 0 Å². The summed E-state index contributed by atoms with van der Waals surface area (Å²) in [6.07, 6.45) is 4.55. The molecule has 1 aromatic heterocycles. The molecule has 0 fully saturated rings. The fourth-order valence-electron chi connectivity index (χ4n) is 1.50. The summed E-state index contributed by atoms with van der Waals surface area (Å²) < 4.78 is 5.30. The number of nitrogens with zero attached hydrogens (tertiary/aromatic N) is 1. The van der Waals surface area contributed by atoms with E-state index in [9.17, 15) is 0 Å². The average Bonchev–Trinajstić information content (AvgIpc) is 2.51. The highest BCUT2D eigenvalue weighted by molar-refractivity contribution is 7.71. The van der Waals surface area contributed by atoms with Crippen molar-refractivity contribution >= 4 is 12.2 Å². The number of hydrogen-bond acceptors (Lipinski definition) is 3. The van der Waals surface area contributed by atoms with Crippen LogP contribution in [0.5, 0.6) is 0 Å². The molecule has 0 saturated heterocycles. The summed E-state index contributed by atoms with van der Waals surface area (Å²) >= 11 is 4.84. The zero-order chi connectivity index (χ0) is 9.68. The van der Waals surface area contributed by atoms with Crippen LogP contribution in [0.1, 0.15) is 51.3 Å². The highest BCUT2D eigenvalue weighted by Gasteiger charge is 2.14. The molecule has 0 radical (unpaired) electrons. The van der Waals surface area contributed by atoms with E-state index in [4.69, 9.17) is 16.6 Å². The van der Waals surface area contributed by atoms with Crippen molar-refractivity contribution in [3.8, 4) is 0 Å². The van der Waals surface area contributed by atoms with Crippen molar-refractivity contribution in [3.63, 3.8) is 0 Å².